The second-order valence-electron chi connectivity index (χ2n) is 8.66. The Balaban J connectivity index is 1.44. The average Bonchev–Trinajstić information content (AvgIpc) is 2.91. The molecule has 0 saturated carbocycles. The fourth-order valence-electron chi connectivity index (χ4n) is 4.34. The van der Waals surface area contributed by atoms with E-state index in [0.29, 0.717) is 57.3 Å². The monoisotopic (exact) mass is 485 g/mol. The van der Waals surface area contributed by atoms with Crippen molar-refractivity contribution in [3.05, 3.63) is 65.5 Å². The summed E-state index contributed by atoms with van der Waals surface area (Å²) < 4.78 is 30.9. The number of ether oxygens (including phenoxy) is 3. The van der Waals surface area contributed by atoms with Crippen LogP contribution >= 0.6 is 0 Å². The first-order chi connectivity index (χ1) is 17.0. The van der Waals surface area contributed by atoms with Gasteiger partial charge in [-0.1, -0.05) is 12.1 Å². The molecule has 8 nitrogen and oxygen atoms in total. The van der Waals surface area contributed by atoms with Gasteiger partial charge in [0.15, 0.2) is 0 Å². The summed E-state index contributed by atoms with van der Waals surface area (Å²) in [6, 6.07) is 13.0. The number of carbonyl (C=O) groups excluding carboxylic acids is 2. The van der Waals surface area contributed by atoms with Crippen molar-refractivity contribution in [1.82, 2.24) is 14.7 Å². The average molecular weight is 486 g/mol. The molecule has 2 aromatic carbocycles. The van der Waals surface area contributed by atoms with Gasteiger partial charge >= 0.3 is 0 Å². The zero-order valence-electron chi connectivity index (χ0n) is 20.0. The molecule has 9 heteroatoms. The maximum Gasteiger partial charge on any atom is 0.256 e. The minimum Gasteiger partial charge on any atom is -0.497 e. The highest BCUT2D eigenvalue weighted by Crippen LogP contribution is 2.17. The Morgan fingerprint density at radius 2 is 1.80 bits per heavy atom. The number of nitrogens with zero attached hydrogens (tertiary/aromatic N) is 3. The van der Waals surface area contributed by atoms with E-state index < -0.39 is 5.82 Å². The highest BCUT2D eigenvalue weighted by molar-refractivity contribution is 5.95. The van der Waals surface area contributed by atoms with Crippen LogP contribution in [0.3, 0.4) is 0 Å². The van der Waals surface area contributed by atoms with Crippen molar-refractivity contribution < 1.29 is 28.2 Å². The highest BCUT2D eigenvalue weighted by Gasteiger charge is 2.29. The first-order valence-electron chi connectivity index (χ1n) is 11.9. The van der Waals surface area contributed by atoms with Crippen molar-refractivity contribution in [3.63, 3.8) is 0 Å². The van der Waals surface area contributed by atoms with Gasteiger partial charge in [0.2, 0.25) is 0 Å². The predicted octanol–water partition coefficient (Wildman–Crippen LogP) is 2.15. The number of carbonyl (C=O) groups is 2. The second kappa shape index (κ2) is 12.1. The van der Waals surface area contributed by atoms with Gasteiger partial charge in [-0.15, -0.1) is 0 Å². The summed E-state index contributed by atoms with van der Waals surface area (Å²) in [5.74, 6) is -0.335. The third kappa shape index (κ3) is 6.56. The van der Waals surface area contributed by atoms with Crippen molar-refractivity contribution in [3.8, 4) is 5.75 Å². The molecule has 2 amide bonds. The molecule has 0 radical (unpaired) electrons. The second-order valence-corrected chi connectivity index (χ2v) is 8.66. The fraction of sp³-hybridized carbons (Fsp3) is 0.462. The third-order valence-electron chi connectivity index (χ3n) is 6.37. The lowest BCUT2D eigenvalue weighted by molar-refractivity contribution is -0.0347. The summed E-state index contributed by atoms with van der Waals surface area (Å²) in [6.45, 7) is 5.47. The van der Waals surface area contributed by atoms with E-state index in [4.69, 9.17) is 14.2 Å². The lowest BCUT2D eigenvalue weighted by Gasteiger charge is -2.37. The number of hydrogen-bond donors (Lipinski definition) is 0. The van der Waals surface area contributed by atoms with E-state index in [9.17, 15) is 14.0 Å². The Labute approximate surface area is 205 Å². The summed E-state index contributed by atoms with van der Waals surface area (Å²) in [6.07, 6.45) is -0.369. The molecule has 0 spiro atoms. The van der Waals surface area contributed by atoms with E-state index in [0.717, 1.165) is 13.1 Å². The van der Waals surface area contributed by atoms with Gasteiger partial charge < -0.3 is 24.0 Å². The summed E-state index contributed by atoms with van der Waals surface area (Å²) in [5, 5.41) is 0. The number of amides is 2. The van der Waals surface area contributed by atoms with Gasteiger partial charge in [0.25, 0.3) is 11.8 Å². The van der Waals surface area contributed by atoms with Crippen molar-refractivity contribution in [2.75, 3.05) is 72.7 Å². The van der Waals surface area contributed by atoms with Crippen LogP contribution in [0, 0.1) is 5.82 Å². The van der Waals surface area contributed by atoms with Gasteiger partial charge in [-0.05, 0) is 36.4 Å². The summed E-state index contributed by atoms with van der Waals surface area (Å²) >= 11 is 0. The molecule has 2 aromatic rings. The fourth-order valence-corrected chi connectivity index (χ4v) is 4.34. The van der Waals surface area contributed by atoms with Gasteiger partial charge in [-0.25, -0.2) is 4.39 Å². The largest absolute Gasteiger partial charge is 0.497 e. The van der Waals surface area contributed by atoms with Crippen LogP contribution in [0.15, 0.2) is 48.5 Å². The lowest BCUT2D eigenvalue weighted by atomic mass is 10.1. The Morgan fingerprint density at radius 1 is 1.06 bits per heavy atom. The lowest BCUT2D eigenvalue weighted by Crippen LogP contribution is -2.52. The Morgan fingerprint density at radius 3 is 2.51 bits per heavy atom. The molecule has 1 unspecified atom stereocenters. The van der Waals surface area contributed by atoms with E-state index in [2.05, 4.69) is 4.90 Å². The molecule has 4 rings (SSSR count). The molecule has 2 saturated heterocycles. The zero-order valence-corrected chi connectivity index (χ0v) is 20.0. The number of halogens is 1. The molecule has 2 heterocycles. The normalized spacial score (nSPS) is 18.8. The molecular weight excluding hydrogens is 453 g/mol. The number of morpholine rings is 2. The van der Waals surface area contributed by atoms with Gasteiger partial charge in [-0.2, -0.15) is 0 Å². The van der Waals surface area contributed by atoms with Crippen LogP contribution < -0.4 is 4.74 Å². The Bertz CT molecular complexity index is 997. The quantitative estimate of drug-likeness (QED) is 0.571. The van der Waals surface area contributed by atoms with Crippen LogP contribution in [-0.2, 0) is 9.47 Å². The van der Waals surface area contributed by atoms with Crippen molar-refractivity contribution in [1.29, 1.82) is 0 Å². The predicted molar refractivity (Wildman–Crippen MR) is 128 cm³/mol. The molecule has 2 aliphatic rings. The molecule has 0 aliphatic carbocycles. The molecule has 2 aliphatic heterocycles. The molecular formula is C26H32FN3O5. The first-order valence-corrected chi connectivity index (χ1v) is 11.9. The standard InChI is InChI=1S/C26H32FN3O5/c1-33-21-8-6-20(7-9-21)25(31)30-14-17-35-22(19-30)18-29(11-10-28-12-15-34-16-13-28)26(32)23-4-2-3-5-24(23)27/h2-9,22H,10-19H2,1H3. The van der Waals surface area contributed by atoms with E-state index in [1.165, 1.54) is 12.1 Å². The maximum absolute atomic E-state index is 14.4. The molecule has 188 valence electrons. The van der Waals surface area contributed by atoms with Gasteiger partial charge in [0.05, 0.1) is 38.6 Å². The van der Waals surface area contributed by atoms with Crippen LogP contribution in [0.5, 0.6) is 5.75 Å². The SMILES string of the molecule is COc1ccc(C(=O)N2CCOC(CN(CCN3CCOCC3)C(=O)c3ccccc3F)C2)cc1. The number of methoxy groups -OCH3 is 1. The molecule has 0 N–H and O–H groups in total. The smallest absolute Gasteiger partial charge is 0.256 e. The van der Waals surface area contributed by atoms with Crippen LogP contribution in [0.25, 0.3) is 0 Å². The van der Waals surface area contributed by atoms with E-state index >= 15 is 0 Å². The van der Waals surface area contributed by atoms with E-state index in [-0.39, 0.29) is 30.0 Å². The first kappa shape index (κ1) is 25.1. The summed E-state index contributed by atoms with van der Waals surface area (Å²) in [7, 11) is 1.58. The van der Waals surface area contributed by atoms with Crippen molar-refractivity contribution in [2.24, 2.45) is 0 Å². The Hall–Kier alpha value is -3.01. The Kier molecular flexibility index (Phi) is 8.68. The number of rotatable bonds is 8. The summed E-state index contributed by atoms with van der Waals surface area (Å²) in [4.78, 5) is 32.0. The highest BCUT2D eigenvalue weighted by atomic mass is 19.1. The van der Waals surface area contributed by atoms with Crippen molar-refractivity contribution >= 4 is 11.8 Å². The van der Waals surface area contributed by atoms with Crippen LogP contribution in [0.4, 0.5) is 4.39 Å². The van der Waals surface area contributed by atoms with Crippen LogP contribution in [-0.4, -0.2) is 105 Å². The van der Waals surface area contributed by atoms with Crippen molar-refractivity contribution in [2.45, 2.75) is 6.10 Å². The molecule has 1 atom stereocenters. The van der Waals surface area contributed by atoms with Crippen LogP contribution in [0.1, 0.15) is 20.7 Å². The van der Waals surface area contributed by atoms with E-state index in [1.807, 2.05) is 0 Å². The third-order valence-corrected chi connectivity index (χ3v) is 6.37. The van der Waals surface area contributed by atoms with Gasteiger partial charge in [-0.3, -0.25) is 14.5 Å². The van der Waals surface area contributed by atoms with Gasteiger partial charge in [0, 0.05) is 51.4 Å². The molecule has 2 fully saturated rings. The molecule has 35 heavy (non-hydrogen) atoms. The molecule has 0 bridgehead atoms. The minimum atomic E-state index is -0.547. The topological polar surface area (TPSA) is 71.6 Å². The van der Waals surface area contributed by atoms with Crippen LogP contribution in [0.2, 0.25) is 0 Å². The van der Waals surface area contributed by atoms with E-state index in [1.54, 1.807) is 53.3 Å². The number of hydrogen-bond acceptors (Lipinski definition) is 6. The number of benzene rings is 2. The maximum atomic E-state index is 14.4. The van der Waals surface area contributed by atoms with Gasteiger partial charge in [0.1, 0.15) is 11.6 Å². The molecule has 0 aromatic heterocycles. The zero-order chi connectivity index (χ0) is 24.6. The minimum absolute atomic E-state index is 0.0384. The summed E-state index contributed by atoms with van der Waals surface area (Å²) in [5.41, 5.74) is 0.606.